The number of aryl methyl sites for hydroxylation is 1. The molecule has 8 heteroatoms. The van der Waals surface area contributed by atoms with Gasteiger partial charge in [0.1, 0.15) is 5.82 Å². The van der Waals surface area contributed by atoms with Gasteiger partial charge in [0.2, 0.25) is 15.9 Å². The van der Waals surface area contributed by atoms with Crippen molar-refractivity contribution in [3.8, 4) is 0 Å². The highest BCUT2D eigenvalue weighted by atomic mass is 32.2. The summed E-state index contributed by atoms with van der Waals surface area (Å²) in [4.78, 5) is 13.6. The molecule has 2 saturated heterocycles. The molecule has 27 heavy (non-hydrogen) atoms. The van der Waals surface area contributed by atoms with Crippen LogP contribution in [0.15, 0.2) is 23.1 Å². The number of nitrogens with zero attached hydrogens (tertiary/aromatic N) is 2. The van der Waals surface area contributed by atoms with E-state index in [1.54, 1.807) is 11.8 Å². The molecule has 0 N–H and O–H groups in total. The summed E-state index contributed by atoms with van der Waals surface area (Å²) in [6, 6.07) is 3.84. The molecule has 0 spiro atoms. The molecule has 150 valence electrons. The predicted molar refractivity (Wildman–Crippen MR) is 99.2 cm³/mol. The van der Waals surface area contributed by atoms with E-state index in [1.165, 1.54) is 23.4 Å². The van der Waals surface area contributed by atoms with Crippen molar-refractivity contribution in [1.29, 1.82) is 0 Å². The highest BCUT2D eigenvalue weighted by Gasteiger charge is 2.53. The van der Waals surface area contributed by atoms with Crippen LogP contribution >= 0.6 is 0 Å². The molecule has 3 rings (SSSR count). The van der Waals surface area contributed by atoms with Crippen molar-refractivity contribution in [2.45, 2.75) is 32.1 Å². The molecule has 1 aromatic carbocycles. The number of rotatable bonds is 5. The molecule has 0 bridgehead atoms. The maximum Gasteiger partial charge on any atom is 0.243 e. The van der Waals surface area contributed by atoms with Gasteiger partial charge in [0.15, 0.2) is 0 Å². The smallest absolute Gasteiger partial charge is 0.243 e. The summed E-state index contributed by atoms with van der Waals surface area (Å²) in [5, 5.41) is 0. The number of fused-ring (bicyclic) bond motifs is 1. The lowest BCUT2D eigenvalue weighted by atomic mass is 9.73. The number of carbonyl (C=O) groups is 1. The average Bonchev–Trinajstić information content (AvgIpc) is 3.01. The van der Waals surface area contributed by atoms with E-state index in [2.05, 4.69) is 0 Å². The molecule has 0 saturated carbocycles. The Balaban J connectivity index is 1.92. The molecule has 0 unspecified atom stereocenters. The number of halogens is 1. The Hall–Kier alpha value is -1.51. The van der Waals surface area contributed by atoms with E-state index < -0.39 is 15.8 Å². The summed E-state index contributed by atoms with van der Waals surface area (Å²) >= 11 is 0. The van der Waals surface area contributed by atoms with Crippen LogP contribution in [0.2, 0.25) is 0 Å². The molecule has 0 aliphatic carbocycles. The molecule has 1 amide bonds. The minimum absolute atomic E-state index is 0.00212. The molecule has 1 aromatic rings. The first-order valence-electron chi connectivity index (χ1n) is 9.29. The molecule has 0 radical (unpaired) electrons. The third-order valence-electron chi connectivity index (χ3n) is 5.91. The van der Waals surface area contributed by atoms with Gasteiger partial charge in [0.05, 0.1) is 11.5 Å². The van der Waals surface area contributed by atoms with Gasteiger partial charge in [-0.25, -0.2) is 12.8 Å². The summed E-state index contributed by atoms with van der Waals surface area (Å²) in [5.74, 6) is -0.560. The van der Waals surface area contributed by atoms with Crippen LogP contribution in [-0.4, -0.2) is 62.9 Å². The zero-order chi connectivity index (χ0) is 19.8. The minimum Gasteiger partial charge on any atom is -0.381 e. The second kappa shape index (κ2) is 7.48. The van der Waals surface area contributed by atoms with E-state index in [9.17, 15) is 17.6 Å². The van der Waals surface area contributed by atoms with Gasteiger partial charge in [-0.2, -0.15) is 4.31 Å². The maximum absolute atomic E-state index is 13.7. The monoisotopic (exact) mass is 398 g/mol. The van der Waals surface area contributed by atoms with Crippen molar-refractivity contribution in [2.24, 2.45) is 11.3 Å². The number of likely N-dealkylation sites (tertiary alicyclic amines) is 1. The Kier molecular flexibility index (Phi) is 5.61. The van der Waals surface area contributed by atoms with E-state index >= 15 is 0 Å². The standard InChI is InChI=1S/C19H27FN2O4S/c1-4-26-13-19-7-8-21(15(3)23)10-16(19)11-22(12-19)27(24,25)18-9-17(20)6-5-14(18)2/h5-6,9,16H,4,7-8,10-13H2,1-3H3/t16-,19+/m1/s1. The first-order chi connectivity index (χ1) is 12.7. The largest absolute Gasteiger partial charge is 0.381 e. The predicted octanol–water partition coefficient (Wildman–Crippen LogP) is 2.03. The van der Waals surface area contributed by atoms with Crippen molar-refractivity contribution in [1.82, 2.24) is 9.21 Å². The fourth-order valence-electron chi connectivity index (χ4n) is 4.23. The average molecular weight is 399 g/mol. The van der Waals surface area contributed by atoms with E-state index in [0.717, 1.165) is 6.07 Å². The number of carbonyl (C=O) groups excluding carboxylic acids is 1. The first kappa shape index (κ1) is 20.2. The van der Waals surface area contributed by atoms with Crippen LogP contribution in [0, 0.1) is 24.1 Å². The van der Waals surface area contributed by atoms with Gasteiger partial charge in [-0.15, -0.1) is 0 Å². The lowest BCUT2D eigenvalue weighted by Gasteiger charge is -2.43. The number of amides is 1. The Morgan fingerprint density at radius 2 is 2.11 bits per heavy atom. The highest BCUT2D eigenvalue weighted by Crippen LogP contribution is 2.45. The number of ether oxygens (including phenoxy) is 1. The summed E-state index contributed by atoms with van der Waals surface area (Å²) < 4.78 is 47.3. The number of hydrogen-bond acceptors (Lipinski definition) is 4. The van der Waals surface area contributed by atoms with Gasteiger partial charge < -0.3 is 9.64 Å². The molecule has 0 aromatic heterocycles. The molecule has 2 aliphatic heterocycles. The third-order valence-corrected chi connectivity index (χ3v) is 7.86. The van der Waals surface area contributed by atoms with E-state index in [0.29, 0.717) is 51.4 Å². The summed E-state index contributed by atoms with van der Waals surface area (Å²) in [7, 11) is -3.82. The fraction of sp³-hybridized carbons (Fsp3) is 0.632. The van der Waals surface area contributed by atoms with E-state index in [-0.39, 0.29) is 22.1 Å². The Morgan fingerprint density at radius 3 is 2.78 bits per heavy atom. The SMILES string of the molecule is CCOC[C@@]12CCN(C(C)=O)C[C@@H]1CN(S(=O)(=O)c1cc(F)ccc1C)C2. The van der Waals surface area contributed by atoms with Crippen molar-refractivity contribution < 1.29 is 22.3 Å². The molecule has 2 atom stereocenters. The maximum atomic E-state index is 13.7. The summed E-state index contributed by atoms with van der Waals surface area (Å²) in [6.45, 7) is 7.92. The van der Waals surface area contributed by atoms with Crippen LogP contribution in [0.3, 0.4) is 0 Å². The number of piperidine rings is 1. The second-order valence-corrected chi connectivity index (χ2v) is 9.53. The molecule has 2 heterocycles. The van der Waals surface area contributed by atoms with E-state index in [4.69, 9.17) is 4.74 Å². The second-order valence-electron chi connectivity index (χ2n) is 7.62. The minimum atomic E-state index is -3.82. The van der Waals surface area contributed by atoms with Gasteiger partial charge in [0, 0.05) is 45.1 Å². The van der Waals surface area contributed by atoms with Crippen LogP contribution in [0.5, 0.6) is 0 Å². The summed E-state index contributed by atoms with van der Waals surface area (Å²) in [5.41, 5.74) is 0.214. The van der Waals surface area contributed by atoms with Gasteiger partial charge >= 0.3 is 0 Å². The van der Waals surface area contributed by atoms with Crippen molar-refractivity contribution in [3.05, 3.63) is 29.6 Å². The van der Waals surface area contributed by atoms with Crippen LogP contribution in [0.1, 0.15) is 25.8 Å². The van der Waals surface area contributed by atoms with Crippen LogP contribution in [0.25, 0.3) is 0 Å². The molecule has 2 fully saturated rings. The zero-order valence-electron chi connectivity index (χ0n) is 16.1. The highest BCUT2D eigenvalue weighted by molar-refractivity contribution is 7.89. The topological polar surface area (TPSA) is 66.9 Å². The molecule has 2 aliphatic rings. The molecular formula is C19H27FN2O4S. The molecular weight excluding hydrogens is 371 g/mol. The number of hydrogen-bond donors (Lipinski definition) is 0. The van der Waals surface area contributed by atoms with E-state index in [1.807, 2.05) is 6.92 Å². The van der Waals surface area contributed by atoms with Crippen LogP contribution < -0.4 is 0 Å². The Bertz CT molecular complexity index is 829. The fourth-order valence-corrected chi connectivity index (χ4v) is 6.05. The quantitative estimate of drug-likeness (QED) is 0.761. The Morgan fingerprint density at radius 1 is 1.37 bits per heavy atom. The van der Waals surface area contributed by atoms with Gasteiger partial charge in [-0.05, 0) is 43.9 Å². The lowest BCUT2D eigenvalue weighted by Crippen LogP contribution is -2.50. The summed E-state index contributed by atoms with van der Waals surface area (Å²) in [6.07, 6.45) is 0.700. The van der Waals surface area contributed by atoms with Crippen LogP contribution in [0.4, 0.5) is 4.39 Å². The van der Waals surface area contributed by atoms with Crippen molar-refractivity contribution >= 4 is 15.9 Å². The number of benzene rings is 1. The lowest BCUT2D eigenvalue weighted by molar-refractivity contribution is -0.133. The van der Waals surface area contributed by atoms with Gasteiger partial charge in [-0.3, -0.25) is 4.79 Å². The van der Waals surface area contributed by atoms with Crippen molar-refractivity contribution in [3.63, 3.8) is 0 Å². The van der Waals surface area contributed by atoms with Crippen molar-refractivity contribution in [2.75, 3.05) is 39.4 Å². The number of sulfonamides is 1. The van der Waals surface area contributed by atoms with Gasteiger partial charge in [-0.1, -0.05) is 6.07 Å². The van der Waals surface area contributed by atoms with Gasteiger partial charge in [0.25, 0.3) is 0 Å². The zero-order valence-corrected chi connectivity index (χ0v) is 16.9. The third kappa shape index (κ3) is 3.75. The Labute approximate surface area is 160 Å². The molecule has 6 nitrogen and oxygen atoms in total. The first-order valence-corrected chi connectivity index (χ1v) is 10.7. The normalized spacial score (nSPS) is 26.2. The van der Waals surface area contributed by atoms with Crippen LogP contribution in [-0.2, 0) is 19.6 Å².